The van der Waals surface area contributed by atoms with Crippen LogP contribution >= 0.6 is 11.6 Å². The van der Waals surface area contributed by atoms with Gasteiger partial charge >= 0.3 is 6.18 Å². The number of nitrogens with one attached hydrogen (secondary N) is 1. The third-order valence-corrected chi connectivity index (χ3v) is 2.23. The average Bonchev–Trinajstić information content (AvgIpc) is 2.42. The van der Waals surface area contributed by atoms with Crippen LogP contribution in [0.25, 0.3) is 0 Å². The van der Waals surface area contributed by atoms with Gasteiger partial charge in [-0.2, -0.15) is 18.3 Å². The second-order valence-corrected chi connectivity index (χ2v) is 3.34. The lowest BCUT2D eigenvalue weighted by Gasteiger charge is -2.01. The Morgan fingerprint density at radius 2 is 2.07 bits per heavy atom. The number of alkyl halides is 3. The molecule has 0 aliphatic carbocycles. The molecule has 0 aliphatic heterocycles. The number of halogens is 4. The van der Waals surface area contributed by atoms with Crippen molar-refractivity contribution in [1.82, 2.24) is 10.2 Å². The van der Waals surface area contributed by atoms with E-state index >= 15 is 0 Å². The molecule has 0 spiro atoms. The molecule has 14 heavy (non-hydrogen) atoms. The van der Waals surface area contributed by atoms with E-state index in [0.717, 1.165) is 12.8 Å². The molecule has 1 aromatic rings. The van der Waals surface area contributed by atoms with Gasteiger partial charge in [0.05, 0.1) is 10.7 Å². The van der Waals surface area contributed by atoms with Crippen LogP contribution < -0.4 is 0 Å². The van der Waals surface area contributed by atoms with E-state index < -0.39 is 11.9 Å². The molecule has 1 heterocycles. The maximum absolute atomic E-state index is 12.2. The third-order valence-electron chi connectivity index (χ3n) is 1.82. The molecule has 0 saturated heterocycles. The van der Waals surface area contributed by atoms with E-state index in [9.17, 15) is 13.2 Å². The highest BCUT2D eigenvalue weighted by Gasteiger charge is 2.37. The van der Waals surface area contributed by atoms with Crippen molar-refractivity contribution in [3.63, 3.8) is 0 Å². The van der Waals surface area contributed by atoms with Crippen LogP contribution in [-0.2, 0) is 12.6 Å². The van der Waals surface area contributed by atoms with Gasteiger partial charge in [0, 0.05) is 0 Å². The molecule has 1 aromatic heterocycles. The summed E-state index contributed by atoms with van der Waals surface area (Å²) >= 11 is 5.53. The van der Waals surface area contributed by atoms with Crippen molar-refractivity contribution >= 4 is 11.6 Å². The number of aromatic amines is 1. The zero-order chi connectivity index (χ0) is 10.8. The van der Waals surface area contributed by atoms with Crippen molar-refractivity contribution in [3.05, 3.63) is 16.4 Å². The van der Waals surface area contributed by atoms with Crippen LogP contribution in [0, 0.1) is 0 Å². The molecule has 0 aliphatic rings. The van der Waals surface area contributed by atoms with E-state index in [-0.39, 0.29) is 5.02 Å². The molecule has 1 N–H and O–H groups in total. The smallest absolute Gasteiger partial charge is 0.280 e. The van der Waals surface area contributed by atoms with E-state index in [4.69, 9.17) is 11.6 Å². The third kappa shape index (κ3) is 2.41. The van der Waals surface area contributed by atoms with Crippen molar-refractivity contribution in [2.75, 3.05) is 0 Å². The van der Waals surface area contributed by atoms with Crippen molar-refractivity contribution in [2.24, 2.45) is 0 Å². The Morgan fingerprint density at radius 1 is 1.43 bits per heavy atom. The lowest BCUT2D eigenvalue weighted by molar-refractivity contribution is -0.141. The molecule has 0 fully saturated rings. The zero-order valence-corrected chi connectivity index (χ0v) is 8.34. The number of hydrogen-bond donors (Lipinski definition) is 1. The van der Waals surface area contributed by atoms with Gasteiger partial charge in [-0.3, -0.25) is 5.10 Å². The fraction of sp³-hybridized carbons (Fsp3) is 0.625. The van der Waals surface area contributed by atoms with E-state index in [1.54, 1.807) is 0 Å². The van der Waals surface area contributed by atoms with E-state index in [1.165, 1.54) is 0 Å². The van der Waals surface area contributed by atoms with Crippen LogP contribution in [0.15, 0.2) is 0 Å². The molecule has 0 saturated carbocycles. The number of rotatable bonds is 3. The Balaban J connectivity index is 2.86. The first-order valence-corrected chi connectivity index (χ1v) is 4.64. The molecule has 2 nitrogen and oxygen atoms in total. The Bertz CT molecular complexity index is 306. The molecule has 0 atom stereocenters. The normalized spacial score (nSPS) is 12.1. The minimum absolute atomic E-state index is 0.300. The second-order valence-electron chi connectivity index (χ2n) is 2.97. The number of aromatic nitrogens is 2. The fourth-order valence-electron chi connectivity index (χ4n) is 1.07. The molecular weight excluding hydrogens is 217 g/mol. The largest absolute Gasteiger partial charge is 0.436 e. The molecule has 0 amide bonds. The number of nitrogens with zero attached hydrogens (tertiary/aromatic N) is 1. The Morgan fingerprint density at radius 3 is 2.50 bits per heavy atom. The van der Waals surface area contributed by atoms with E-state index in [1.807, 2.05) is 6.92 Å². The maximum atomic E-state index is 12.2. The number of hydrogen-bond acceptors (Lipinski definition) is 1. The summed E-state index contributed by atoms with van der Waals surface area (Å²) in [6, 6.07) is 0. The van der Waals surface area contributed by atoms with E-state index in [0.29, 0.717) is 12.1 Å². The molecule has 6 heteroatoms. The number of H-pyrrole nitrogens is 1. The first-order valence-electron chi connectivity index (χ1n) is 4.26. The summed E-state index contributed by atoms with van der Waals surface area (Å²) < 4.78 is 36.7. The predicted molar refractivity (Wildman–Crippen MR) is 47.2 cm³/mol. The van der Waals surface area contributed by atoms with Gasteiger partial charge in [-0.05, 0) is 12.8 Å². The van der Waals surface area contributed by atoms with Crippen LogP contribution in [0.1, 0.15) is 31.2 Å². The predicted octanol–water partition coefficient (Wildman–Crippen LogP) is 3.42. The summed E-state index contributed by atoms with van der Waals surface area (Å²) in [6.45, 7) is 1.95. The Kier molecular flexibility index (Phi) is 3.42. The van der Waals surface area contributed by atoms with Gasteiger partial charge in [0.25, 0.3) is 0 Å². The van der Waals surface area contributed by atoms with Gasteiger partial charge in [0.2, 0.25) is 0 Å². The van der Waals surface area contributed by atoms with Crippen molar-refractivity contribution in [1.29, 1.82) is 0 Å². The van der Waals surface area contributed by atoms with Crippen molar-refractivity contribution in [2.45, 2.75) is 32.4 Å². The van der Waals surface area contributed by atoms with Crippen LogP contribution in [0.2, 0.25) is 5.02 Å². The lowest BCUT2D eigenvalue weighted by Crippen LogP contribution is -2.06. The molecule has 1 rings (SSSR count). The second kappa shape index (κ2) is 4.21. The standard InChI is InChI=1S/C8H10ClF3N2/c1-2-3-4-5-6(9)7(14-13-5)8(10,11)12/h2-4H2,1H3,(H,13,14). The average molecular weight is 227 g/mol. The first kappa shape index (κ1) is 11.4. The minimum atomic E-state index is -4.47. The Labute approximate surface area is 84.5 Å². The molecule has 80 valence electrons. The maximum Gasteiger partial charge on any atom is 0.436 e. The molecular formula is C8H10ClF3N2. The summed E-state index contributed by atoms with van der Waals surface area (Å²) in [6.07, 6.45) is -2.29. The minimum Gasteiger partial charge on any atom is -0.280 e. The topological polar surface area (TPSA) is 28.7 Å². The number of unbranched alkanes of at least 4 members (excludes halogenated alkanes) is 1. The van der Waals surface area contributed by atoms with Gasteiger partial charge in [-0.1, -0.05) is 24.9 Å². The van der Waals surface area contributed by atoms with Crippen LogP contribution in [0.5, 0.6) is 0 Å². The van der Waals surface area contributed by atoms with E-state index in [2.05, 4.69) is 10.2 Å². The van der Waals surface area contributed by atoms with Crippen molar-refractivity contribution in [3.8, 4) is 0 Å². The Hall–Kier alpha value is -0.710. The lowest BCUT2D eigenvalue weighted by atomic mass is 10.2. The molecule has 0 aromatic carbocycles. The molecule has 0 radical (unpaired) electrons. The zero-order valence-electron chi connectivity index (χ0n) is 7.58. The first-order chi connectivity index (χ1) is 6.46. The van der Waals surface area contributed by atoms with Crippen LogP contribution in [-0.4, -0.2) is 10.2 Å². The summed E-state index contributed by atoms with van der Waals surface area (Å²) in [5, 5.41) is 5.17. The highest BCUT2D eigenvalue weighted by atomic mass is 35.5. The number of aryl methyl sites for hydroxylation is 1. The highest BCUT2D eigenvalue weighted by molar-refractivity contribution is 6.31. The summed E-state index contributed by atoms with van der Waals surface area (Å²) in [5.41, 5.74) is -0.661. The SMILES string of the molecule is CCCCc1[nH]nc(C(F)(F)F)c1Cl. The summed E-state index contributed by atoms with van der Waals surface area (Å²) in [5.74, 6) is 0. The fourth-order valence-corrected chi connectivity index (χ4v) is 1.36. The van der Waals surface area contributed by atoms with Gasteiger partial charge < -0.3 is 0 Å². The van der Waals surface area contributed by atoms with Crippen LogP contribution in [0.3, 0.4) is 0 Å². The van der Waals surface area contributed by atoms with Crippen LogP contribution in [0.4, 0.5) is 13.2 Å². The summed E-state index contributed by atoms with van der Waals surface area (Å²) in [4.78, 5) is 0. The van der Waals surface area contributed by atoms with Gasteiger partial charge in [0.1, 0.15) is 0 Å². The van der Waals surface area contributed by atoms with Gasteiger partial charge in [-0.25, -0.2) is 0 Å². The molecule has 0 unspecified atom stereocenters. The summed E-state index contributed by atoms with van der Waals surface area (Å²) in [7, 11) is 0. The van der Waals surface area contributed by atoms with Gasteiger partial charge in [0.15, 0.2) is 5.69 Å². The monoisotopic (exact) mass is 226 g/mol. The highest BCUT2D eigenvalue weighted by Crippen LogP contribution is 2.34. The van der Waals surface area contributed by atoms with Crippen molar-refractivity contribution < 1.29 is 13.2 Å². The van der Waals surface area contributed by atoms with Gasteiger partial charge in [-0.15, -0.1) is 0 Å². The molecule has 0 bridgehead atoms. The quantitative estimate of drug-likeness (QED) is 0.841.